The Morgan fingerprint density at radius 1 is 1.07 bits per heavy atom. The third-order valence-corrected chi connectivity index (χ3v) is 4.97. The average Bonchev–Trinajstić information content (AvgIpc) is 2.81. The number of nitrogens with two attached hydrogens (primary N) is 1. The van der Waals surface area contributed by atoms with E-state index >= 15 is 0 Å². The highest BCUT2D eigenvalue weighted by Crippen LogP contribution is 2.28. The molecule has 0 saturated heterocycles. The van der Waals surface area contributed by atoms with Crippen molar-refractivity contribution in [1.82, 2.24) is 0 Å². The molecular weight excluding hydrogens is 369 g/mol. The highest BCUT2D eigenvalue weighted by atomic mass is 35.5. The molecule has 3 N–H and O–H groups in total. The molecule has 0 aliphatic carbocycles. The number of halogens is 1. The summed E-state index contributed by atoms with van der Waals surface area (Å²) in [6, 6.07) is 19.6. The van der Waals surface area contributed by atoms with E-state index in [1.54, 1.807) is 12.1 Å². The SMILES string of the molecule is [B]c1ccccc1CC1N=C(c2ccc(N)cc2)c2cc(Cl)ccc2NC1=O. The second-order valence-electron chi connectivity index (χ2n) is 6.70. The summed E-state index contributed by atoms with van der Waals surface area (Å²) in [5.74, 6) is -0.183. The fourth-order valence-electron chi connectivity index (χ4n) is 3.26. The third kappa shape index (κ3) is 3.66. The molecule has 4 nitrogen and oxygen atoms in total. The number of aliphatic imine (C=N–C) groups is 1. The molecule has 0 saturated carbocycles. The van der Waals surface area contributed by atoms with E-state index in [1.165, 1.54) is 0 Å². The zero-order valence-electron chi connectivity index (χ0n) is 15.0. The monoisotopic (exact) mass is 385 g/mol. The maximum atomic E-state index is 12.9. The number of benzene rings is 3. The Balaban J connectivity index is 1.84. The lowest BCUT2D eigenvalue weighted by Crippen LogP contribution is -2.29. The molecule has 0 bridgehead atoms. The number of rotatable bonds is 3. The first-order chi connectivity index (χ1) is 13.5. The quantitative estimate of drug-likeness (QED) is 0.537. The first-order valence-electron chi connectivity index (χ1n) is 8.89. The van der Waals surface area contributed by atoms with E-state index in [4.69, 9.17) is 30.2 Å². The number of hydrogen-bond donors (Lipinski definition) is 2. The van der Waals surface area contributed by atoms with Gasteiger partial charge < -0.3 is 11.1 Å². The van der Waals surface area contributed by atoms with Crippen LogP contribution in [0.1, 0.15) is 16.7 Å². The molecule has 0 spiro atoms. The molecule has 1 heterocycles. The summed E-state index contributed by atoms with van der Waals surface area (Å²) >= 11 is 6.23. The van der Waals surface area contributed by atoms with Crippen molar-refractivity contribution in [2.45, 2.75) is 12.5 Å². The third-order valence-electron chi connectivity index (χ3n) is 4.73. The molecule has 3 aromatic rings. The molecule has 1 unspecified atom stereocenters. The maximum Gasteiger partial charge on any atom is 0.249 e. The number of nitrogens with one attached hydrogen (secondary N) is 1. The Hall–Kier alpha value is -3.05. The van der Waals surface area contributed by atoms with Gasteiger partial charge in [-0.15, -0.1) is 0 Å². The van der Waals surface area contributed by atoms with Crippen LogP contribution in [-0.4, -0.2) is 25.5 Å². The Labute approximate surface area is 169 Å². The van der Waals surface area contributed by atoms with Crippen molar-refractivity contribution in [2.75, 3.05) is 11.1 Å². The summed E-state index contributed by atoms with van der Waals surface area (Å²) in [5.41, 5.74) is 11.0. The molecule has 6 heteroatoms. The Bertz CT molecular complexity index is 1080. The van der Waals surface area contributed by atoms with Gasteiger partial charge in [0.1, 0.15) is 13.9 Å². The van der Waals surface area contributed by atoms with Crippen molar-refractivity contribution in [3.8, 4) is 0 Å². The van der Waals surface area contributed by atoms with E-state index in [0.717, 1.165) is 16.7 Å². The summed E-state index contributed by atoms with van der Waals surface area (Å²) in [6.07, 6.45) is 0.401. The van der Waals surface area contributed by atoms with E-state index in [-0.39, 0.29) is 5.91 Å². The van der Waals surface area contributed by atoms with Gasteiger partial charge in [0.2, 0.25) is 5.91 Å². The van der Waals surface area contributed by atoms with E-state index in [0.29, 0.717) is 34.0 Å². The van der Waals surface area contributed by atoms with Crippen LogP contribution in [0.4, 0.5) is 11.4 Å². The second kappa shape index (κ2) is 7.53. The lowest BCUT2D eigenvalue weighted by Gasteiger charge is -2.13. The van der Waals surface area contributed by atoms with Gasteiger partial charge in [0.25, 0.3) is 0 Å². The van der Waals surface area contributed by atoms with E-state index in [1.807, 2.05) is 54.6 Å². The highest BCUT2D eigenvalue weighted by molar-refractivity contribution is 6.33. The number of fused-ring (bicyclic) bond motifs is 1. The minimum Gasteiger partial charge on any atom is -0.399 e. The average molecular weight is 386 g/mol. The molecule has 2 radical (unpaired) electrons. The molecular formula is C22H17BClN3O. The smallest absolute Gasteiger partial charge is 0.249 e. The van der Waals surface area contributed by atoms with Gasteiger partial charge in [0, 0.05) is 28.3 Å². The predicted octanol–water partition coefficient (Wildman–Crippen LogP) is 3.12. The van der Waals surface area contributed by atoms with Crippen LogP contribution in [0.3, 0.4) is 0 Å². The van der Waals surface area contributed by atoms with Crippen molar-refractivity contribution < 1.29 is 4.79 Å². The molecule has 1 aliphatic rings. The summed E-state index contributed by atoms with van der Waals surface area (Å²) in [4.78, 5) is 17.7. The van der Waals surface area contributed by atoms with Crippen LogP contribution in [0.25, 0.3) is 0 Å². The van der Waals surface area contributed by atoms with Crippen molar-refractivity contribution in [2.24, 2.45) is 4.99 Å². The Morgan fingerprint density at radius 3 is 2.57 bits per heavy atom. The number of nitrogens with zero attached hydrogens (tertiary/aromatic N) is 1. The Morgan fingerprint density at radius 2 is 1.82 bits per heavy atom. The molecule has 4 rings (SSSR count). The van der Waals surface area contributed by atoms with Gasteiger partial charge in [0.05, 0.1) is 11.4 Å². The van der Waals surface area contributed by atoms with Crippen molar-refractivity contribution in [3.63, 3.8) is 0 Å². The van der Waals surface area contributed by atoms with Gasteiger partial charge in [-0.1, -0.05) is 59.0 Å². The minimum absolute atomic E-state index is 0.183. The summed E-state index contributed by atoms with van der Waals surface area (Å²) in [6.45, 7) is 0. The lowest BCUT2D eigenvalue weighted by atomic mass is 9.87. The van der Waals surface area contributed by atoms with E-state index in [2.05, 4.69) is 5.32 Å². The summed E-state index contributed by atoms with van der Waals surface area (Å²) < 4.78 is 0. The maximum absolute atomic E-state index is 12.9. The fraction of sp³-hybridized carbons (Fsp3) is 0.0909. The van der Waals surface area contributed by atoms with Crippen molar-refractivity contribution in [3.05, 3.63) is 88.4 Å². The van der Waals surface area contributed by atoms with Gasteiger partial charge in [-0.25, -0.2) is 0 Å². The summed E-state index contributed by atoms with van der Waals surface area (Å²) in [5, 5.41) is 3.54. The molecule has 1 amide bonds. The molecule has 1 aliphatic heterocycles. The van der Waals surface area contributed by atoms with E-state index < -0.39 is 6.04 Å². The van der Waals surface area contributed by atoms with Crippen LogP contribution in [-0.2, 0) is 11.2 Å². The first kappa shape index (κ1) is 18.3. The molecule has 1 atom stereocenters. The lowest BCUT2D eigenvalue weighted by molar-refractivity contribution is -0.117. The van der Waals surface area contributed by atoms with Crippen molar-refractivity contribution >= 4 is 47.9 Å². The number of nitrogen functional groups attached to an aromatic ring is 1. The first-order valence-corrected chi connectivity index (χ1v) is 9.27. The van der Waals surface area contributed by atoms with Crippen LogP contribution in [0, 0.1) is 0 Å². The normalized spacial score (nSPS) is 16.0. The zero-order chi connectivity index (χ0) is 19.7. The number of carbonyl (C=O) groups excluding carboxylic acids is 1. The number of carbonyl (C=O) groups is 1. The highest BCUT2D eigenvalue weighted by Gasteiger charge is 2.26. The topological polar surface area (TPSA) is 67.5 Å². The van der Waals surface area contributed by atoms with Crippen LogP contribution >= 0.6 is 11.6 Å². The predicted molar refractivity (Wildman–Crippen MR) is 116 cm³/mol. The minimum atomic E-state index is -0.622. The zero-order valence-corrected chi connectivity index (χ0v) is 15.8. The number of amides is 1. The molecule has 0 aromatic heterocycles. The number of benzodiazepines with no additional fused rings is 1. The number of anilines is 2. The molecule has 0 fully saturated rings. The standard InChI is InChI=1S/C22H17BClN3O/c23-18-4-2-1-3-14(18)11-20-22(28)27-19-10-7-15(24)12-17(19)21(26-20)13-5-8-16(25)9-6-13/h1-10,12,20H,11,25H2,(H,27,28). The van der Waals surface area contributed by atoms with E-state index in [9.17, 15) is 4.79 Å². The Kier molecular flexibility index (Phi) is 4.92. The van der Waals surface area contributed by atoms with Gasteiger partial charge >= 0.3 is 0 Å². The van der Waals surface area contributed by atoms with Gasteiger partial charge in [-0.2, -0.15) is 0 Å². The molecule has 3 aromatic carbocycles. The van der Waals surface area contributed by atoms with Crippen LogP contribution in [0.5, 0.6) is 0 Å². The van der Waals surface area contributed by atoms with Crippen molar-refractivity contribution in [1.29, 1.82) is 0 Å². The van der Waals surface area contributed by atoms with Gasteiger partial charge in [-0.05, 0) is 30.3 Å². The van der Waals surface area contributed by atoms with Gasteiger partial charge in [-0.3, -0.25) is 9.79 Å². The van der Waals surface area contributed by atoms with Gasteiger partial charge in [0.15, 0.2) is 0 Å². The van der Waals surface area contributed by atoms with Crippen LogP contribution in [0.15, 0.2) is 71.7 Å². The van der Waals surface area contributed by atoms with Crippen LogP contribution < -0.4 is 16.5 Å². The second-order valence-corrected chi connectivity index (χ2v) is 7.13. The summed E-state index contributed by atoms with van der Waals surface area (Å²) in [7, 11) is 6.08. The fourth-order valence-corrected chi connectivity index (χ4v) is 3.43. The van der Waals surface area contributed by atoms with Crippen LogP contribution in [0.2, 0.25) is 5.02 Å². The molecule has 28 heavy (non-hydrogen) atoms. The number of hydrogen-bond acceptors (Lipinski definition) is 3. The largest absolute Gasteiger partial charge is 0.399 e. The molecule has 136 valence electrons.